The highest BCUT2D eigenvalue weighted by Crippen LogP contribution is 2.40. The Kier molecular flexibility index (Phi) is 6.02. The first-order valence-electron chi connectivity index (χ1n) is 10.1. The van der Waals surface area contributed by atoms with Crippen molar-refractivity contribution in [1.82, 2.24) is 9.88 Å². The van der Waals surface area contributed by atoms with Crippen LogP contribution in [0.5, 0.6) is 5.88 Å². The molecule has 2 atom stereocenters. The van der Waals surface area contributed by atoms with E-state index >= 15 is 0 Å². The van der Waals surface area contributed by atoms with E-state index in [-0.39, 0.29) is 23.4 Å². The van der Waals surface area contributed by atoms with Crippen LogP contribution in [0.4, 0.5) is 18.0 Å². The van der Waals surface area contributed by atoms with Crippen molar-refractivity contribution in [2.45, 2.75) is 76.7 Å². The van der Waals surface area contributed by atoms with Gasteiger partial charge >= 0.3 is 12.3 Å². The number of nitrogens with zero attached hydrogens (tertiary/aromatic N) is 2. The number of ketones is 1. The van der Waals surface area contributed by atoms with Crippen LogP contribution in [0.15, 0.2) is 12.3 Å². The van der Waals surface area contributed by atoms with E-state index in [0.29, 0.717) is 12.8 Å². The van der Waals surface area contributed by atoms with Crippen LogP contribution in [0.2, 0.25) is 0 Å². The fourth-order valence-corrected chi connectivity index (χ4v) is 4.40. The molecule has 0 saturated carbocycles. The summed E-state index contributed by atoms with van der Waals surface area (Å²) in [6, 6.07) is 0.494. The van der Waals surface area contributed by atoms with Crippen molar-refractivity contribution in [3.05, 3.63) is 23.4 Å². The van der Waals surface area contributed by atoms with Gasteiger partial charge in [-0.15, -0.1) is 0 Å². The van der Waals surface area contributed by atoms with Crippen LogP contribution in [-0.2, 0) is 10.9 Å². The van der Waals surface area contributed by atoms with E-state index in [1.54, 1.807) is 25.7 Å². The smallest absolute Gasteiger partial charge is 0.421 e. The third-order valence-electron chi connectivity index (χ3n) is 5.58. The Morgan fingerprint density at radius 1 is 1.13 bits per heavy atom. The second-order valence-corrected chi connectivity index (χ2v) is 8.94. The number of carbonyl (C=O) groups is 2. The summed E-state index contributed by atoms with van der Waals surface area (Å²) in [5.41, 5.74) is -1.78. The van der Waals surface area contributed by atoms with Crippen LogP contribution in [-0.4, -0.2) is 46.6 Å². The van der Waals surface area contributed by atoms with Gasteiger partial charge in [0, 0.05) is 29.8 Å². The molecule has 0 aliphatic carbocycles. The maximum atomic E-state index is 13.3. The molecule has 2 aliphatic heterocycles. The number of halogens is 3. The Morgan fingerprint density at radius 2 is 1.73 bits per heavy atom. The van der Waals surface area contributed by atoms with E-state index in [2.05, 4.69) is 4.98 Å². The largest absolute Gasteiger partial charge is 0.481 e. The third-order valence-corrected chi connectivity index (χ3v) is 5.58. The summed E-state index contributed by atoms with van der Waals surface area (Å²) in [5, 5.41) is 0. The highest BCUT2D eigenvalue weighted by Gasteiger charge is 2.45. The molecule has 2 bridgehead atoms. The number of alkyl halides is 3. The lowest BCUT2D eigenvalue weighted by molar-refractivity contribution is -0.139. The molecule has 2 fully saturated rings. The average Bonchev–Trinajstić information content (AvgIpc) is 2.63. The van der Waals surface area contributed by atoms with Gasteiger partial charge in [-0.1, -0.05) is 0 Å². The predicted molar refractivity (Wildman–Crippen MR) is 102 cm³/mol. The number of aromatic nitrogens is 1. The predicted octanol–water partition coefficient (Wildman–Crippen LogP) is 4.86. The van der Waals surface area contributed by atoms with Crippen LogP contribution >= 0.6 is 0 Å². The second-order valence-electron chi connectivity index (χ2n) is 8.94. The zero-order valence-corrected chi connectivity index (χ0v) is 17.6. The molecule has 6 nitrogen and oxygen atoms in total. The van der Waals surface area contributed by atoms with E-state index in [0.717, 1.165) is 38.6 Å². The van der Waals surface area contributed by atoms with Gasteiger partial charge in [-0.2, -0.15) is 13.2 Å². The van der Waals surface area contributed by atoms with Crippen molar-refractivity contribution in [2.75, 3.05) is 7.11 Å². The maximum Gasteiger partial charge on any atom is 0.421 e. The fourth-order valence-electron chi connectivity index (χ4n) is 4.40. The van der Waals surface area contributed by atoms with Gasteiger partial charge in [-0.25, -0.2) is 9.78 Å². The number of fused-ring (bicyclic) bond motifs is 2. The summed E-state index contributed by atoms with van der Waals surface area (Å²) in [4.78, 5) is 31.1. The average molecular weight is 428 g/mol. The van der Waals surface area contributed by atoms with Crippen LogP contribution < -0.4 is 4.74 Å². The van der Waals surface area contributed by atoms with Crippen molar-refractivity contribution < 1.29 is 32.2 Å². The zero-order valence-electron chi connectivity index (χ0n) is 17.6. The molecular weight excluding hydrogens is 401 g/mol. The molecule has 166 valence electrons. The minimum Gasteiger partial charge on any atom is -0.481 e. The summed E-state index contributed by atoms with van der Waals surface area (Å²) in [5.74, 6) is -1.40. The molecule has 2 aliphatic rings. The van der Waals surface area contributed by atoms with Gasteiger partial charge in [0.2, 0.25) is 5.88 Å². The van der Waals surface area contributed by atoms with Crippen LogP contribution in [0.25, 0.3) is 0 Å². The normalized spacial score (nSPS) is 24.4. The molecule has 2 unspecified atom stereocenters. The molecule has 30 heavy (non-hydrogen) atoms. The molecule has 1 amide bonds. The van der Waals surface area contributed by atoms with Gasteiger partial charge < -0.3 is 14.4 Å². The monoisotopic (exact) mass is 428 g/mol. The standard InChI is InChI=1S/C21H27F3N2O4/c1-20(2,3)30-19(28)26-14-6-5-7-15(26)9-12(8-14)17(27)13-10-16(21(22,23)24)18(29-4)25-11-13/h10-12,14-15H,5-9H2,1-4H3. The number of piperidine rings is 2. The molecule has 0 N–H and O–H groups in total. The Balaban J connectivity index is 1.81. The van der Waals surface area contributed by atoms with Crippen LogP contribution in [0.3, 0.4) is 0 Å². The Hall–Kier alpha value is -2.32. The van der Waals surface area contributed by atoms with Gasteiger partial charge in [0.15, 0.2) is 5.78 Å². The highest BCUT2D eigenvalue weighted by molar-refractivity contribution is 5.98. The van der Waals surface area contributed by atoms with E-state index in [1.807, 2.05) is 0 Å². The minimum absolute atomic E-state index is 0.0862. The van der Waals surface area contributed by atoms with Crippen molar-refractivity contribution in [3.8, 4) is 5.88 Å². The van der Waals surface area contributed by atoms with Crippen LogP contribution in [0.1, 0.15) is 68.8 Å². The number of methoxy groups -OCH3 is 1. The number of amides is 1. The Labute approximate surface area is 173 Å². The zero-order chi connectivity index (χ0) is 22.3. The lowest BCUT2D eigenvalue weighted by Crippen LogP contribution is -2.56. The fraction of sp³-hybridized carbons (Fsp3) is 0.667. The minimum atomic E-state index is -4.68. The SMILES string of the molecule is COc1ncc(C(=O)C2CC3CCCC(C2)N3C(=O)OC(C)(C)C)cc1C(F)(F)F. The maximum absolute atomic E-state index is 13.3. The molecule has 2 saturated heterocycles. The molecule has 0 spiro atoms. The number of Topliss-reactive ketones (excluding diaryl/α,β-unsaturated/α-hetero) is 1. The lowest BCUT2D eigenvalue weighted by atomic mass is 9.76. The molecule has 9 heteroatoms. The van der Waals surface area contributed by atoms with Gasteiger partial charge in [-0.05, 0) is 58.9 Å². The van der Waals surface area contributed by atoms with Crippen molar-refractivity contribution in [2.24, 2.45) is 5.92 Å². The number of pyridine rings is 1. The van der Waals surface area contributed by atoms with Crippen LogP contribution in [0, 0.1) is 5.92 Å². The number of ether oxygens (including phenoxy) is 2. The van der Waals surface area contributed by atoms with Gasteiger partial charge in [-0.3, -0.25) is 4.79 Å². The summed E-state index contributed by atoms with van der Waals surface area (Å²) >= 11 is 0. The van der Waals surface area contributed by atoms with Gasteiger partial charge in [0.25, 0.3) is 0 Å². The van der Waals surface area contributed by atoms with Crippen molar-refractivity contribution >= 4 is 11.9 Å². The number of rotatable bonds is 3. The quantitative estimate of drug-likeness (QED) is 0.643. The Bertz CT molecular complexity index is 805. The van der Waals surface area contributed by atoms with Gasteiger partial charge in [0.05, 0.1) is 7.11 Å². The number of hydrogen-bond donors (Lipinski definition) is 0. The molecule has 1 aromatic rings. The highest BCUT2D eigenvalue weighted by atomic mass is 19.4. The lowest BCUT2D eigenvalue weighted by Gasteiger charge is -2.48. The first-order valence-corrected chi connectivity index (χ1v) is 10.1. The molecule has 3 rings (SSSR count). The molecule has 1 aromatic heterocycles. The molecular formula is C21H27F3N2O4. The summed E-state index contributed by atoms with van der Waals surface area (Å²) in [6.45, 7) is 5.39. The van der Waals surface area contributed by atoms with E-state index in [4.69, 9.17) is 9.47 Å². The summed E-state index contributed by atoms with van der Waals surface area (Å²) in [6.07, 6.45) is -0.699. The molecule has 3 heterocycles. The first-order chi connectivity index (χ1) is 13.9. The van der Waals surface area contributed by atoms with Crippen molar-refractivity contribution in [1.29, 1.82) is 0 Å². The third kappa shape index (κ3) is 4.70. The van der Waals surface area contributed by atoms with E-state index in [1.165, 1.54) is 0 Å². The number of hydrogen-bond acceptors (Lipinski definition) is 5. The summed E-state index contributed by atoms with van der Waals surface area (Å²) < 4.78 is 50.1. The van der Waals surface area contributed by atoms with Gasteiger partial charge in [0.1, 0.15) is 11.2 Å². The second kappa shape index (κ2) is 8.07. The molecule has 0 aromatic carbocycles. The topological polar surface area (TPSA) is 68.7 Å². The molecule has 0 radical (unpaired) electrons. The summed E-state index contributed by atoms with van der Waals surface area (Å²) in [7, 11) is 1.10. The van der Waals surface area contributed by atoms with E-state index < -0.39 is 35.2 Å². The van der Waals surface area contributed by atoms with Crippen molar-refractivity contribution in [3.63, 3.8) is 0 Å². The number of carbonyl (C=O) groups excluding carboxylic acids is 2. The van der Waals surface area contributed by atoms with E-state index in [9.17, 15) is 22.8 Å². The Morgan fingerprint density at radius 3 is 2.23 bits per heavy atom. The first kappa shape index (κ1) is 22.4.